The summed E-state index contributed by atoms with van der Waals surface area (Å²) in [5.41, 5.74) is 2.99. The van der Waals surface area contributed by atoms with Crippen LogP contribution in [0.3, 0.4) is 0 Å². The van der Waals surface area contributed by atoms with Crippen LogP contribution in [0.4, 0.5) is 0 Å². The van der Waals surface area contributed by atoms with Crippen molar-refractivity contribution in [2.45, 2.75) is 59.4 Å². The van der Waals surface area contributed by atoms with Crippen LogP contribution in [0.5, 0.6) is 11.5 Å². The average molecular weight is 466 g/mol. The molecule has 182 valence electrons. The number of benzene rings is 2. The molecule has 0 spiro atoms. The first kappa shape index (κ1) is 25.3. The number of ketones is 1. The van der Waals surface area contributed by atoms with Gasteiger partial charge < -0.3 is 19.5 Å². The molecule has 6 nitrogen and oxygen atoms in total. The van der Waals surface area contributed by atoms with Crippen LogP contribution >= 0.6 is 0 Å². The molecule has 1 atom stereocenters. The van der Waals surface area contributed by atoms with E-state index in [1.807, 2.05) is 51.1 Å². The third-order valence-corrected chi connectivity index (χ3v) is 6.21. The summed E-state index contributed by atoms with van der Waals surface area (Å²) in [5, 5.41) is 11.3. The lowest BCUT2D eigenvalue weighted by Crippen LogP contribution is -2.30. The fourth-order valence-corrected chi connectivity index (χ4v) is 4.40. The van der Waals surface area contributed by atoms with E-state index in [1.165, 1.54) is 0 Å². The summed E-state index contributed by atoms with van der Waals surface area (Å²) < 4.78 is 11.2. The van der Waals surface area contributed by atoms with Gasteiger partial charge in [0.1, 0.15) is 17.3 Å². The van der Waals surface area contributed by atoms with Crippen molar-refractivity contribution in [1.82, 2.24) is 4.90 Å². The zero-order valence-electron chi connectivity index (χ0n) is 20.8. The number of hydrogen-bond acceptors (Lipinski definition) is 5. The van der Waals surface area contributed by atoms with Gasteiger partial charge in [-0.1, -0.05) is 38.8 Å². The molecule has 2 aromatic rings. The number of methoxy groups -OCH3 is 1. The fourth-order valence-electron chi connectivity index (χ4n) is 4.40. The van der Waals surface area contributed by atoms with E-state index >= 15 is 0 Å². The normalized spacial score (nSPS) is 17.3. The van der Waals surface area contributed by atoms with Gasteiger partial charge in [0, 0.05) is 12.1 Å². The first-order valence-corrected chi connectivity index (χ1v) is 12.0. The van der Waals surface area contributed by atoms with Crippen molar-refractivity contribution in [2.24, 2.45) is 0 Å². The number of aliphatic hydroxyl groups excluding tert-OH is 1. The number of unbranched alkanes of at least 4 members (excludes halogenated alkanes) is 2. The molecule has 0 aliphatic carbocycles. The van der Waals surface area contributed by atoms with Gasteiger partial charge in [0.05, 0.1) is 25.3 Å². The van der Waals surface area contributed by atoms with Crippen LogP contribution in [0, 0.1) is 13.8 Å². The average Bonchev–Trinajstić information content (AvgIpc) is 3.08. The van der Waals surface area contributed by atoms with E-state index in [-0.39, 0.29) is 11.3 Å². The van der Waals surface area contributed by atoms with Gasteiger partial charge in [-0.3, -0.25) is 9.59 Å². The number of ether oxygens (including phenoxy) is 2. The lowest BCUT2D eigenvalue weighted by Gasteiger charge is -2.25. The van der Waals surface area contributed by atoms with Crippen LogP contribution in [0.25, 0.3) is 5.76 Å². The summed E-state index contributed by atoms with van der Waals surface area (Å²) in [6.07, 6.45) is 3.94. The first-order chi connectivity index (χ1) is 16.3. The minimum absolute atomic E-state index is 0.114. The number of rotatable bonds is 10. The van der Waals surface area contributed by atoms with Gasteiger partial charge in [0.15, 0.2) is 0 Å². The lowest BCUT2D eigenvalue weighted by molar-refractivity contribution is -0.139. The highest BCUT2D eigenvalue weighted by atomic mass is 16.5. The Morgan fingerprint density at radius 3 is 2.32 bits per heavy atom. The van der Waals surface area contributed by atoms with E-state index in [4.69, 9.17) is 9.47 Å². The Kier molecular flexibility index (Phi) is 8.37. The Bertz CT molecular complexity index is 1070. The molecule has 1 aliphatic rings. The summed E-state index contributed by atoms with van der Waals surface area (Å²) in [5.74, 6) is 0.0328. The van der Waals surface area contributed by atoms with E-state index in [2.05, 4.69) is 6.92 Å². The topological polar surface area (TPSA) is 76.1 Å². The molecule has 1 aliphatic heterocycles. The molecular formula is C28H35NO5. The molecular weight excluding hydrogens is 430 g/mol. The van der Waals surface area contributed by atoms with E-state index in [1.54, 1.807) is 18.1 Å². The minimum atomic E-state index is -0.663. The lowest BCUT2D eigenvalue weighted by atomic mass is 9.93. The third-order valence-electron chi connectivity index (χ3n) is 6.21. The standard InChI is InChI=1S/C28H35NO5/c1-6-8-9-15-34-21-12-10-20(11-13-21)25-24(27(31)28(32)29(25)14-7-2)26(30)22-16-19(4)23(33-5)17-18(22)3/h10-13,16-17,25,30H,6-9,14-15H2,1-5H3/b26-24+. The van der Waals surface area contributed by atoms with E-state index < -0.39 is 17.7 Å². The van der Waals surface area contributed by atoms with Crippen molar-refractivity contribution >= 4 is 17.4 Å². The zero-order chi connectivity index (χ0) is 24.8. The van der Waals surface area contributed by atoms with Crippen molar-refractivity contribution in [1.29, 1.82) is 0 Å². The molecule has 1 amide bonds. The minimum Gasteiger partial charge on any atom is -0.507 e. The molecule has 1 fully saturated rings. The molecule has 1 N–H and O–H groups in total. The zero-order valence-corrected chi connectivity index (χ0v) is 20.8. The molecule has 0 radical (unpaired) electrons. The fraction of sp³-hybridized carbons (Fsp3) is 0.429. The predicted octanol–water partition coefficient (Wildman–Crippen LogP) is 5.71. The highest BCUT2D eigenvalue weighted by Gasteiger charge is 2.45. The second-order valence-corrected chi connectivity index (χ2v) is 8.75. The molecule has 1 heterocycles. The Morgan fingerprint density at radius 1 is 1.00 bits per heavy atom. The van der Waals surface area contributed by atoms with Crippen LogP contribution in [0.15, 0.2) is 42.0 Å². The molecule has 2 aromatic carbocycles. The van der Waals surface area contributed by atoms with Crippen molar-refractivity contribution in [3.05, 3.63) is 64.2 Å². The number of hydrogen-bond donors (Lipinski definition) is 1. The van der Waals surface area contributed by atoms with Crippen LogP contribution in [0.2, 0.25) is 0 Å². The second-order valence-electron chi connectivity index (χ2n) is 8.75. The maximum Gasteiger partial charge on any atom is 0.295 e. The van der Waals surface area contributed by atoms with Crippen molar-refractivity contribution in [3.8, 4) is 11.5 Å². The molecule has 3 rings (SSSR count). The molecule has 6 heteroatoms. The van der Waals surface area contributed by atoms with Crippen molar-refractivity contribution in [3.63, 3.8) is 0 Å². The van der Waals surface area contributed by atoms with E-state index in [9.17, 15) is 14.7 Å². The second kappa shape index (κ2) is 11.2. The van der Waals surface area contributed by atoms with Crippen LogP contribution < -0.4 is 9.47 Å². The van der Waals surface area contributed by atoms with Gasteiger partial charge in [0.25, 0.3) is 11.7 Å². The number of aryl methyl sites for hydroxylation is 2. The Labute approximate surface area is 202 Å². The number of carbonyl (C=O) groups excluding carboxylic acids is 2. The smallest absolute Gasteiger partial charge is 0.295 e. The van der Waals surface area contributed by atoms with Gasteiger partial charge in [-0.2, -0.15) is 0 Å². The number of aliphatic hydroxyl groups is 1. The number of likely N-dealkylation sites (tertiary alicyclic amines) is 1. The molecule has 1 saturated heterocycles. The van der Waals surface area contributed by atoms with Gasteiger partial charge in [0.2, 0.25) is 0 Å². The van der Waals surface area contributed by atoms with E-state index in [0.29, 0.717) is 30.9 Å². The quantitative estimate of drug-likeness (QED) is 0.210. The van der Waals surface area contributed by atoms with Gasteiger partial charge in [-0.15, -0.1) is 0 Å². The van der Waals surface area contributed by atoms with Crippen molar-refractivity contribution < 1.29 is 24.2 Å². The van der Waals surface area contributed by atoms with Crippen LogP contribution in [0.1, 0.15) is 67.8 Å². The number of amides is 1. The monoisotopic (exact) mass is 465 g/mol. The molecule has 34 heavy (non-hydrogen) atoms. The largest absolute Gasteiger partial charge is 0.507 e. The van der Waals surface area contributed by atoms with Gasteiger partial charge >= 0.3 is 0 Å². The van der Waals surface area contributed by atoms with Gasteiger partial charge in [-0.25, -0.2) is 0 Å². The molecule has 0 aromatic heterocycles. The Morgan fingerprint density at radius 2 is 1.71 bits per heavy atom. The predicted molar refractivity (Wildman–Crippen MR) is 133 cm³/mol. The van der Waals surface area contributed by atoms with Crippen LogP contribution in [-0.4, -0.2) is 42.0 Å². The van der Waals surface area contributed by atoms with Crippen molar-refractivity contribution in [2.75, 3.05) is 20.3 Å². The summed E-state index contributed by atoms with van der Waals surface area (Å²) in [6, 6.07) is 10.4. The SMILES string of the molecule is CCCCCOc1ccc(C2/C(=C(\O)c3cc(C)c(OC)cc3C)C(=O)C(=O)N2CCC)cc1. The maximum atomic E-state index is 13.1. The molecule has 0 bridgehead atoms. The Balaban J connectivity index is 2.04. The number of carbonyl (C=O) groups is 2. The first-order valence-electron chi connectivity index (χ1n) is 12.0. The summed E-state index contributed by atoms with van der Waals surface area (Å²) in [7, 11) is 1.59. The Hall–Kier alpha value is -3.28. The highest BCUT2D eigenvalue weighted by molar-refractivity contribution is 6.46. The number of nitrogens with zero attached hydrogens (tertiary/aromatic N) is 1. The summed E-state index contributed by atoms with van der Waals surface area (Å²) >= 11 is 0. The molecule has 0 saturated carbocycles. The van der Waals surface area contributed by atoms with E-state index in [0.717, 1.165) is 41.7 Å². The van der Waals surface area contributed by atoms with Crippen LogP contribution in [-0.2, 0) is 9.59 Å². The molecule has 1 unspecified atom stereocenters. The summed E-state index contributed by atoms with van der Waals surface area (Å²) in [6.45, 7) is 8.90. The highest BCUT2D eigenvalue weighted by Crippen LogP contribution is 2.41. The maximum absolute atomic E-state index is 13.1. The van der Waals surface area contributed by atoms with Gasteiger partial charge in [-0.05, 0) is 67.6 Å². The number of Topliss-reactive ketones (excluding diaryl/α,β-unsaturated/α-hetero) is 1. The summed E-state index contributed by atoms with van der Waals surface area (Å²) in [4.78, 5) is 27.6. The third kappa shape index (κ3) is 5.11.